The van der Waals surface area contributed by atoms with Gasteiger partial charge in [-0.3, -0.25) is 9.78 Å². The van der Waals surface area contributed by atoms with Gasteiger partial charge in [0.2, 0.25) is 0 Å². The molecule has 0 radical (unpaired) electrons. The van der Waals surface area contributed by atoms with Crippen molar-refractivity contribution in [3.05, 3.63) is 48.2 Å². The number of anilines is 2. The lowest BCUT2D eigenvalue weighted by Gasteiger charge is -2.17. The molecule has 0 atom stereocenters. The SMILES string of the molecule is CN(C(=O)c1ccnc(N)c1F)c1cccnc1. The Bertz CT molecular complexity index is 574. The zero-order valence-electron chi connectivity index (χ0n) is 9.67. The van der Waals surface area contributed by atoms with Crippen LogP contribution < -0.4 is 10.6 Å². The first-order valence-electron chi connectivity index (χ1n) is 5.19. The Morgan fingerprint density at radius 2 is 2.17 bits per heavy atom. The van der Waals surface area contributed by atoms with E-state index in [1.807, 2.05) is 0 Å². The number of hydrogen-bond donors (Lipinski definition) is 1. The van der Waals surface area contributed by atoms with Gasteiger partial charge in [-0.15, -0.1) is 0 Å². The number of carbonyl (C=O) groups excluding carboxylic acids is 1. The summed E-state index contributed by atoms with van der Waals surface area (Å²) in [6.07, 6.45) is 4.40. The molecule has 0 aromatic carbocycles. The summed E-state index contributed by atoms with van der Waals surface area (Å²) in [6.45, 7) is 0. The molecule has 0 aliphatic carbocycles. The number of halogens is 1. The molecule has 2 aromatic rings. The van der Waals surface area contributed by atoms with E-state index in [4.69, 9.17) is 5.73 Å². The first-order chi connectivity index (χ1) is 8.61. The molecule has 0 unspecified atom stereocenters. The monoisotopic (exact) mass is 246 g/mol. The third kappa shape index (κ3) is 2.13. The Labute approximate surface area is 103 Å². The number of rotatable bonds is 2. The fourth-order valence-corrected chi connectivity index (χ4v) is 1.48. The Morgan fingerprint density at radius 1 is 1.39 bits per heavy atom. The third-order valence-electron chi connectivity index (χ3n) is 2.48. The van der Waals surface area contributed by atoms with E-state index in [1.165, 1.54) is 30.4 Å². The number of nitrogens with two attached hydrogens (primary N) is 1. The minimum Gasteiger partial charge on any atom is -0.381 e. The Balaban J connectivity index is 2.35. The zero-order chi connectivity index (χ0) is 13.1. The van der Waals surface area contributed by atoms with Crippen LogP contribution in [0.15, 0.2) is 36.8 Å². The van der Waals surface area contributed by atoms with E-state index >= 15 is 0 Å². The maximum atomic E-state index is 13.7. The molecular weight excluding hydrogens is 235 g/mol. The number of aromatic nitrogens is 2. The fourth-order valence-electron chi connectivity index (χ4n) is 1.48. The maximum absolute atomic E-state index is 13.7. The number of amides is 1. The van der Waals surface area contributed by atoms with Gasteiger partial charge in [-0.05, 0) is 18.2 Å². The molecular formula is C12H11FN4O. The second kappa shape index (κ2) is 4.79. The van der Waals surface area contributed by atoms with Crippen LogP contribution in [0, 0.1) is 5.82 Å². The molecule has 0 saturated heterocycles. The predicted molar refractivity (Wildman–Crippen MR) is 65.6 cm³/mol. The summed E-state index contributed by atoms with van der Waals surface area (Å²) in [7, 11) is 1.54. The van der Waals surface area contributed by atoms with Crippen LogP contribution >= 0.6 is 0 Å². The van der Waals surface area contributed by atoms with E-state index in [-0.39, 0.29) is 11.4 Å². The van der Waals surface area contributed by atoms with Crippen LogP contribution in [0.1, 0.15) is 10.4 Å². The topological polar surface area (TPSA) is 72.1 Å². The summed E-state index contributed by atoms with van der Waals surface area (Å²) >= 11 is 0. The van der Waals surface area contributed by atoms with Crippen LogP contribution in [-0.4, -0.2) is 22.9 Å². The second-order valence-electron chi connectivity index (χ2n) is 3.63. The maximum Gasteiger partial charge on any atom is 0.261 e. The van der Waals surface area contributed by atoms with Gasteiger partial charge >= 0.3 is 0 Å². The van der Waals surface area contributed by atoms with Crippen LogP contribution in [0.2, 0.25) is 0 Å². The van der Waals surface area contributed by atoms with Crippen LogP contribution in [0.25, 0.3) is 0 Å². The quantitative estimate of drug-likeness (QED) is 0.871. The van der Waals surface area contributed by atoms with Crippen LogP contribution in [0.5, 0.6) is 0 Å². The first kappa shape index (κ1) is 12.0. The summed E-state index contributed by atoms with van der Waals surface area (Å²) < 4.78 is 13.7. The number of nitrogens with zero attached hydrogens (tertiary/aromatic N) is 3. The zero-order valence-corrected chi connectivity index (χ0v) is 9.67. The molecule has 0 spiro atoms. The summed E-state index contributed by atoms with van der Waals surface area (Å²) in [5.41, 5.74) is 5.78. The van der Waals surface area contributed by atoms with Crippen molar-refractivity contribution in [2.24, 2.45) is 0 Å². The lowest BCUT2D eigenvalue weighted by Crippen LogP contribution is -2.27. The number of hydrogen-bond acceptors (Lipinski definition) is 4. The fraction of sp³-hybridized carbons (Fsp3) is 0.0833. The molecule has 1 amide bonds. The van der Waals surface area contributed by atoms with Gasteiger partial charge in [-0.1, -0.05) is 0 Å². The third-order valence-corrected chi connectivity index (χ3v) is 2.48. The van der Waals surface area contributed by atoms with Crippen molar-refractivity contribution in [3.63, 3.8) is 0 Å². The van der Waals surface area contributed by atoms with Crippen molar-refractivity contribution >= 4 is 17.4 Å². The average molecular weight is 246 g/mol. The summed E-state index contributed by atoms with van der Waals surface area (Å²) in [4.78, 5) is 20.9. The van der Waals surface area contributed by atoms with Gasteiger partial charge in [0.25, 0.3) is 5.91 Å². The molecule has 2 heterocycles. The molecule has 0 saturated carbocycles. The molecule has 0 aliphatic heterocycles. The molecule has 92 valence electrons. The van der Waals surface area contributed by atoms with E-state index < -0.39 is 11.7 Å². The molecule has 0 aliphatic rings. The van der Waals surface area contributed by atoms with Gasteiger partial charge in [-0.25, -0.2) is 9.37 Å². The highest BCUT2D eigenvalue weighted by atomic mass is 19.1. The number of pyridine rings is 2. The normalized spacial score (nSPS) is 10.1. The van der Waals surface area contributed by atoms with E-state index in [0.717, 1.165) is 0 Å². The van der Waals surface area contributed by atoms with E-state index in [2.05, 4.69) is 9.97 Å². The average Bonchev–Trinajstić information content (AvgIpc) is 2.41. The van der Waals surface area contributed by atoms with Gasteiger partial charge in [0.05, 0.1) is 17.4 Å². The predicted octanol–water partition coefficient (Wildman–Crippen LogP) is 1.47. The molecule has 18 heavy (non-hydrogen) atoms. The molecule has 2 N–H and O–H groups in total. The van der Waals surface area contributed by atoms with Crippen molar-refractivity contribution in [1.82, 2.24) is 9.97 Å². The summed E-state index contributed by atoms with van der Waals surface area (Å²) in [6, 6.07) is 4.69. The minimum absolute atomic E-state index is 0.117. The van der Waals surface area contributed by atoms with Crippen LogP contribution in [0.3, 0.4) is 0 Å². The van der Waals surface area contributed by atoms with E-state index in [9.17, 15) is 9.18 Å². The molecule has 0 bridgehead atoms. The second-order valence-corrected chi connectivity index (χ2v) is 3.63. The van der Waals surface area contributed by atoms with Crippen molar-refractivity contribution in [2.45, 2.75) is 0 Å². The number of carbonyl (C=O) groups is 1. The molecule has 6 heteroatoms. The lowest BCUT2D eigenvalue weighted by molar-refractivity contribution is 0.0989. The lowest BCUT2D eigenvalue weighted by atomic mass is 10.2. The van der Waals surface area contributed by atoms with Crippen molar-refractivity contribution in [3.8, 4) is 0 Å². The van der Waals surface area contributed by atoms with Gasteiger partial charge in [0, 0.05) is 19.4 Å². The van der Waals surface area contributed by atoms with E-state index in [0.29, 0.717) is 5.69 Å². The smallest absolute Gasteiger partial charge is 0.261 e. The van der Waals surface area contributed by atoms with Crippen LogP contribution in [-0.2, 0) is 0 Å². The number of nitrogen functional groups attached to an aromatic ring is 1. The minimum atomic E-state index is -0.807. The van der Waals surface area contributed by atoms with Gasteiger partial charge < -0.3 is 10.6 Å². The van der Waals surface area contributed by atoms with Gasteiger partial charge in [0.15, 0.2) is 11.6 Å². The summed E-state index contributed by atoms with van der Waals surface area (Å²) in [5, 5.41) is 0. The molecule has 5 nitrogen and oxygen atoms in total. The van der Waals surface area contributed by atoms with Gasteiger partial charge in [0.1, 0.15) is 0 Å². The molecule has 2 rings (SSSR count). The standard InChI is InChI=1S/C12H11FN4O/c1-17(8-3-2-5-15-7-8)12(18)9-4-6-16-11(14)10(9)13/h2-7H,1H3,(H2,14,16). The van der Waals surface area contributed by atoms with Crippen molar-refractivity contribution < 1.29 is 9.18 Å². The molecule has 2 aromatic heterocycles. The van der Waals surface area contributed by atoms with Crippen molar-refractivity contribution in [1.29, 1.82) is 0 Å². The van der Waals surface area contributed by atoms with Crippen molar-refractivity contribution in [2.75, 3.05) is 17.7 Å². The highest BCUT2D eigenvalue weighted by Crippen LogP contribution is 2.17. The van der Waals surface area contributed by atoms with Crippen LogP contribution in [0.4, 0.5) is 15.9 Å². The Kier molecular flexibility index (Phi) is 3.18. The Hall–Kier alpha value is -2.50. The summed E-state index contributed by atoms with van der Waals surface area (Å²) in [5.74, 6) is -1.60. The van der Waals surface area contributed by atoms with E-state index in [1.54, 1.807) is 18.3 Å². The highest BCUT2D eigenvalue weighted by molar-refractivity contribution is 6.06. The first-order valence-corrected chi connectivity index (χ1v) is 5.19. The Morgan fingerprint density at radius 3 is 2.83 bits per heavy atom. The van der Waals surface area contributed by atoms with Gasteiger partial charge in [-0.2, -0.15) is 0 Å². The largest absolute Gasteiger partial charge is 0.381 e. The highest BCUT2D eigenvalue weighted by Gasteiger charge is 2.19. The molecule has 0 fully saturated rings.